The van der Waals surface area contributed by atoms with Gasteiger partial charge in [0.25, 0.3) is 0 Å². The van der Waals surface area contributed by atoms with Crippen molar-refractivity contribution in [3.05, 3.63) is 35.9 Å². The molecule has 1 fully saturated rings. The summed E-state index contributed by atoms with van der Waals surface area (Å²) >= 11 is 0. The number of ketones is 1. The minimum Gasteiger partial charge on any atom is -0.481 e. The maximum absolute atomic E-state index is 11.4. The summed E-state index contributed by atoms with van der Waals surface area (Å²) in [7, 11) is 0. The van der Waals surface area contributed by atoms with Crippen LogP contribution in [-0.2, 0) is 16.0 Å². The number of benzene rings is 1. The largest absolute Gasteiger partial charge is 1.00 e. The molecular weight excluding hydrogens is 283 g/mol. The molecule has 1 unspecified atom stereocenters. The molecule has 5 nitrogen and oxygen atoms in total. The normalized spacial score (nSPS) is 15.5. The van der Waals surface area contributed by atoms with Crippen LogP contribution >= 0.6 is 0 Å². The van der Waals surface area contributed by atoms with E-state index in [2.05, 4.69) is 6.07 Å². The van der Waals surface area contributed by atoms with Gasteiger partial charge in [0.1, 0.15) is 5.78 Å². The Hall–Kier alpha value is -0.720. The van der Waals surface area contributed by atoms with Crippen LogP contribution in [0.4, 0.5) is 0 Å². The van der Waals surface area contributed by atoms with E-state index in [-0.39, 0.29) is 46.9 Å². The molecule has 6 heteroatoms. The number of carbonyl (C=O) groups excluding carboxylic acids is 1. The molecule has 1 aliphatic carbocycles. The molecule has 0 amide bonds. The van der Waals surface area contributed by atoms with E-state index in [0.717, 1.165) is 25.7 Å². The summed E-state index contributed by atoms with van der Waals surface area (Å²) in [4.78, 5) is 20.7. The molecule has 1 atom stereocenters. The van der Waals surface area contributed by atoms with E-state index < -0.39 is 5.97 Å². The second-order valence-corrected chi connectivity index (χ2v) is 4.42. The number of hydrogen-bond donors (Lipinski definition) is 1. The standard InChI is InChI=1S/C12H13O.C3H6O2.Na.2H2O/c13-12-8-4-7-11(12)9-10-5-2-1-3-6-10;1-2-3(4)5;;;/h2-3,5-6,11H,4,7-9H2;2H2,1H3,(H,4,5);;2*1H2/q-1;;+1;;. The van der Waals surface area contributed by atoms with E-state index in [0.29, 0.717) is 11.7 Å². The van der Waals surface area contributed by atoms with Crippen molar-refractivity contribution >= 4 is 11.8 Å². The maximum Gasteiger partial charge on any atom is 1.00 e. The van der Waals surface area contributed by atoms with Crippen LogP contribution in [0.25, 0.3) is 0 Å². The first kappa shape index (κ1) is 25.2. The molecule has 0 aromatic heterocycles. The number of aliphatic carboxylic acids is 1. The molecule has 21 heavy (non-hydrogen) atoms. The number of Topliss-reactive ketones (excluding diaryl/α,β-unsaturated/α-hetero) is 1. The predicted octanol–water partition coefficient (Wildman–Crippen LogP) is -1.77. The number of carboxylic acids is 1. The summed E-state index contributed by atoms with van der Waals surface area (Å²) in [6.45, 7) is 1.60. The van der Waals surface area contributed by atoms with E-state index in [4.69, 9.17) is 5.11 Å². The smallest absolute Gasteiger partial charge is 0.481 e. The minimum absolute atomic E-state index is 0. The van der Waals surface area contributed by atoms with E-state index >= 15 is 0 Å². The fourth-order valence-corrected chi connectivity index (χ4v) is 1.95. The van der Waals surface area contributed by atoms with Crippen molar-refractivity contribution in [1.82, 2.24) is 0 Å². The van der Waals surface area contributed by atoms with Crippen LogP contribution < -0.4 is 29.6 Å². The third-order valence-corrected chi connectivity index (χ3v) is 3.00. The summed E-state index contributed by atoms with van der Waals surface area (Å²) in [5.41, 5.74) is 1.26. The van der Waals surface area contributed by atoms with Gasteiger partial charge in [-0.05, 0) is 19.3 Å². The number of carbonyl (C=O) groups is 2. The van der Waals surface area contributed by atoms with Crippen LogP contribution in [0.2, 0.25) is 0 Å². The predicted molar refractivity (Wildman–Crippen MR) is 76.5 cm³/mol. The van der Waals surface area contributed by atoms with Crippen molar-refractivity contribution < 1.29 is 55.2 Å². The molecule has 0 aliphatic heterocycles. The zero-order valence-electron chi connectivity index (χ0n) is 12.7. The van der Waals surface area contributed by atoms with Gasteiger partial charge in [-0.15, -0.1) is 0 Å². The van der Waals surface area contributed by atoms with Gasteiger partial charge in [0.15, 0.2) is 0 Å². The van der Waals surface area contributed by atoms with Gasteiger partial charge in [0, 0.05) is 18.8 Å². The molecule has 114 valence electrons. The summed E-state index contributed by atoms with van der Waals surface area (Å²) in [6, 6.07) is 10.9. The molecular formula is C15H23NaO5. The summed E-state index contributed by atoms with van der Waals surface area (Å²) < 4.78 is 0. The Morgan fingerprint density at radius 3 is 2.24 bits per heavy atom. The molecule has 1 saturated carbocycles. The zero-order chi connectivity index (χ0) is 13.4. The minimum atomic E-state index is -0.745. The van der Waals surface area contributed by atoms with Gasteiger partial charge in [-0.25, -0.2) is 0 Å². The average molecular weight is 306 g/mol. The molecule has 2 rings (SSSR count). The van der Waals surface area contributed by atoms with E-state index in [1.165, 1.54) is 5.56 Å². The van der Waals surface area contributed by atoms with Crippen molar-refractivity contribution in [2.75, 3.05) is 0 Å². The Morgan fingerprint density at radius 2 is 1.86 bits per heavy atom. The fourth-order valence-electron chi connectivity index (χ4n) is 1.95. The van der Waals surface area contributed by atoms with Gasteiger partial charge < -0.3 is 16.1 Å². The average Bonchev–Trinajstić information content (AvgIpc) is 2.77. The monoisotopic (exact) mass is 306 g/mol. The van der Waals surface area contributed by atoms with E-state index in [1.54, 1.807) is 6.92 Å². The molecule has 0 bridgehead atoms. The topological polar surface area (TPSA) is 117 Å². The van der Waals surface area contributed by atoms with Crippen LogP contribution in [0.3, 0.4) is 0 Å². The molecule has 1 aromatic carbocycles. The first-order chi connectivity index (χ1) is 8.63. The molecule has 0 radical (unpaired) electrons. The SMILES string of the molecule is CCC(=O)O.O.O.O=C1CCCC1Cc1cc[c-]cc1.[Na+]. The summed E-state index contributed by atoms with van der Waals surface area (Å²) in [5, 5.41) is 7.72. The van der Waals surface area contributed by atoms with Crippen molar-refractivity contribution in [3.8, 4) is 0 Å². The Labute approximate surface area is 147 Å². The van der Waals surface area contributed by atoms with Crippen molar-refractivity contribution in [2.45, 2.75) is 39.0 Å². The Balaban J connectivity index is -0.000000360. The van der Waals surface area contributed by atoms with Crippen LogP contribution in [0.5, 0.6) is 0 Å². The second kappa shape index (κ2) is 14.2. The third kappa shape index (κ3) is 10.6. The first-order valence-electron chi connectivity index (χ1n) is 6.33. The number of rotatable bonds is 3. The Kier molecular flexibility index (Phi) is 17.1. The Bertz CT molecular complexity index is 394. The van der Waals surface area contributed by atoms with Gasteiger partial charge in [-0.3, -0.25) is 9.59 Å². The molecule has 0 spiro atoms. The quantitative estimate of drug-likeness (QED) is 0.526. The summed E-state index contributed by atoms with van der Waals surface area (Å²) in [5.74, 6) is 0.000215. The van der Waals surface area contributed by atoms with E-state index in [1.807, 2.05) is 24.3 Å². The Morgan fingerprint density at radius 1 is 1.33 bits per heavy atom. The van der Waals surface area contributed by atoms with Crippen LogP contribution in [0, 0.1) is 12.0 Å². The number of hydrogen-bond acceptors (Lipinski definition) is 2. The van der Waals surface area contributed by atoms with Crippen LogP contribution in [0.15, 0.2) is 24.3 Å². The van der Waals surface area contributed by atoms with Crippen molar-refractivity contribution in [1.29, 1.82) is 0 Å². The molecule has 1 aromatic rings. The number of carboxylic acid groups (broad SMARTS) is 1. The second-order valence-electron chi connectivity index (χ2n) is 4.42. The summed E-state index contributed by atoms with van der Waals surface area (Å²) in [6.07, 6.45) is 4.11. The van der Waals surface area contributed by atoms with Crippen LogP contribution in [-0.4, -0.2) is 27.8 Å². The van der Waals surface area contributed by atoms with Gasteiger partial charge in [-0.1, -0.05) is 6.92 Å². The van der Waals surface area contributed by atoms with E-state index in [9.17, 15) is 9.59 Å². The molecule has 1 aliphatic rings. The van der Waals surface area contributed by atoms with Gasteiger partial charge in [-0.2, -0.15) is 35.9 Å². The molecule has 0 saturated heterocycles. The van der Waals surface area contributed by atoms with Crippen molar-refractivity contribution in [3.63, 3.8) is 0 Å². The molecule has 0 heterocycles. The third-order valence-electron chi connectivity index (χ3n) is 3.00. The van der Waals surface area contributed by atoms with Gasteiger partial charge in [0.2, 0.25) is 0 Å². The van der Waals surface area contributed by atoms with Crippen LogP contribution in [0.1, 0.15) is 38.2 Å². The fraction of sp³-hybridized carbons (Fsp3) is 0.467. The first-order valence-corrected chi connectivity index (χ1v) is 6.33. The van der Waals surface area contributed by atoms with Gasteiger partial charge in [0.05, 0.1) is 0 Å². The van der Waals surface area contributed by atoms with Crippen molar-refractivity contribution in [2.24, 2.45) is 5.92 Å². The zero-order valence-corrected chi connectivity index (χ0v) is 14.7. The maximum atomic E-state index is 11.4. The van der Waals surface area contributed by atoms with Gasteiger partial charge >= 0.3 is 35.5 Å². The molecule has 5 N–H and O–H groups in total.